The van der Waals surface area contributed by atoms with Gasteiger partial charge in [0.05, 0.1) is 23.9 Å². The van der Waals surface area contributed by atoms with Gasteiger partial charge < -0.3 is 14.8 Å². The van der Waals surface area contributed by atoms with Gasteiger partial charge in [-0.05, 0) is 44.5 Å². The Morgan fingerprint density at radius 1 is 1.15 bits per heavy atom. The van der Waals surface area contributed by atoms with Gasteiger partial charge >= 0.3 is 0 Å². The van der Waals surface area contributed by atoms with Crippen LogP contribution in [0.25, 0.3) is 16.9 Å². The zero-order valence-corrected chi connectivity index (χ0v) is 19.0. The van der Waals surface area contributed by atoms with Gasteiger partial charge in [0, 0.05) is 12.4 Å². The number of hydrogen-bond acceptors (Lipinski definition) is 8. The minimum atomic E-state index is -0.997. The third-order valence-corrected chi connectivity index (χ3v) is 4.84. The number of anilines is 1. The highest BCUT2D eigenvalue weighted by atomic mass is 35.5. The molecule has 0 saturated heterocycles. The Bertz CT molecular complexity index is 1260. The number of aromatic nitrogens is 6. The molecular weight excluding hydrogens is 446 g/mol. The van der Waals surface area contributed by atoms with Crippen molar-refractivity contribution in [3.63, 3.8) is 0 Å². The Hall–Kier alpha value is -3.63. The molecule has 0 aliphatic carbocycles. The fourth-order valence-corrected chi connectivity index (χ4v) is 3.12. The van der Waals surface area contributed by atoms with E-state index in [-0.39, 0.29) is 18.6 Å². The molecule has 0 aliphatic rings. The van der Waals surface area contributed by atoms with E-state index in [1.165, 1.54) is 12.5 Å². The van der Waals surface area contributed by atoms with Crippen LogP contribution in [0, 0.1) is 6.92 Å². The Morgan fingerprint density at radius 3 is 2.73 bits per heavy atom. The molecule has 0 fully saturated rings. The molecule has 11 heteroatoms. The Labute approximate surface area is 195 Å². The predicted molar refractivity (Wildman–Crippen MR) is 123 cm³/mol. The van der Waals surface area contributed by atoms with Crippen LogP contribution in [0.4, 0.5) is 5.82 Å². The van der Waals surface area contributed by atoms with E-state index in [4.69, 9.17) is 21.1 Å². The second kappa shape index (κ2) is 9.88. The average molecular weight is 468 g/mol. The number of amides is 1. The predicted octanol–water partition coefficient (Wildman–Crippen LogP) is 3.38. The molecular formula is C22H22ClN7O3. The van der Waals surface area contributed by atoms with Gasteiger partial charge in [0.25, 0.3) is 5.91 Å². The van der Waals surface area contributed by atoms with Crippen LogP contribution in [0.3, 0.4) is 0 Å². The maximum absolute atomic E-state index is 13.0. The van der Waals surface area contributed by atoms with Crippen molar-refractivity contribution in [2.45, 2.75) is 33.0 Å². The quantitative estimate of drug-likeness (QED) is 0.419. The normalized spacial score (nSPS) is 12.2. The number of carbonyl (C=O) groups excluding carboxylic acids is 1. The van der Waals surface area contributed by atoms with Gasteiger partial charge in [-0.25, -0.2) is 19.9 Å². The topological polar surface area (TPSA) is 117 Å². The number of fused-ring (bicyclic) bond motifs is 1. The molecule has 1 amide bonds. The highest BCUT2D eigenvalue weighted by Crippen LogP contribution is 2.25. The number of carbonyl (C=O) groups is 1. The summed E-state index contributed by atoms with van der Waals surface area (Å²) in [6.45, 7) is 5.69. The van der Waals surface area contributed by atoms with Crippen LogP contribution < -0.4 is 10.1 Å². The summed E-state index contributed by atoms with van der Waals surface area (Å²) in [4.78, 5) is 30.0. The minimum Gasteiger partial charge on any atom is -0.461 e. The maximum Gasteiger partial charge on any atom is 0.269 e. The molecule has 4 heterocycles. The molecule has 4 aromatic heterocycles. The first-order valence-corrected chi connectivity index (χ1v) is 10.6. The molecule has 33 heavy (non-hydrogen) atoms. The van der Waals surface area contributed by atoms with Crippen LogP contribution in [-0.2, 0) is 9.53 Å². The van der Waals surface area contributed by atoms with E-state index in [0.29, 0.717) is 27.7 Å². The van der Waals surface area contributed by atoms with Gasteiger partial charge in [-0.15, -0.1) is 0 Å². The minimum absolute atomic E-state index is 0.00999. The SMILES string of the molecule is Cc1cccnc1-n1ncc2c(O[C@@H](COC(C)C)C(=O)Nc3ccc(Cl)cn3)ncnc21. The molecule has 1 atom stereocenters. The van der Waals surface area contributed by atoms with E-state index in [1.54, 1.807) is 29.2 Å². The summed E-state index contributed by atoms with van der Waals surface area (Å²) < 4.78 is 13.3. The van der Waals surface area contributed by atoms with E-state index < -0.39 is 12.0 Å². The van der Waals surface area contributed by atoms with E-state index in [2.05, 4.69) is 30.4 Å². The molecule has 1 N–H and O–H groups in total. The van der Waals surface area contributed by atoms with Crippen molar-refractivity contribution in [1.29, 1.82) is 0 Å². The van der Waals surface area contributed by atoms with E-state index in [0.717, 1.165) is 5.56 Å². The second-order valence-electron chi connectivity index (χ2n) is 7.46. The van der Waals surface area contributed by atoms with Crippen LogP contribution in [0.15, 0.2) is 49.2 Å². The number of hydrogen-bond donors (Lipinski definition) is 1. The number of halogens is 1. The first-order chi connectivity index (χ1) is 15.9. The Kier molecular flexibility index (Phi) is 6.76. The monoisotopic (exact) mass is 467 g/mol. The molecule has 0 aliphatic heterocycles. The standard InChI is InChI=1S/C22H22ClN7O3/c1-13(2)32-11-17(21(31)29-18-7-6-15(23)9-25-18)33-22-16-10-28-30(20(16)26-12-27-22)19-14(3)5-4-8-24-19/h4-10,12-13,17H,11H2,1-3H3,(H,25,29,31)/t17-/m0/s1. The number of rotatable bonds is 8. The lowest BCUT2D eigenvalue weighted by atomic mass is 10.3. The van der Waals surface area contributed by atoms with Crippen LogP contribution in [0.5, 0.6) is 5.88 Å². The number of nitrogens with zero attached hydrogens (tertiary/aromatic N) is 6. The van der Waals surface area contributed by atoms with Crippen molar-refractivity contribution < 1.29 is 14.3 Å². The number of nitrogens with one attached hydrogen (secondary N) is 1. The van der Waals surface area contributed by atoms with Gasteiger partial charge in [-0.1, -0.05) is 17.7 Å². The Balaban J connectivity index is 1.62. The zero-order valence-electron chi connectivity index (χ0n) is 18.3. The summed E-state index contributed by atoms with van der Waals surface area (Å²) in [5.41, 5.74) is 1.44. The van der Waals surface area contributed by atoms with Gasteiger partial charge in [0.2, 0.25) is 12.0 Å². The highest BCUT2D eigenvalue weighted by Gasteiger charge is 2.25. The van der Waals surface area contributed by atoms with Crippen LogP contribution in [0.2, 0.25) is 5.02 Å². The van der Waals surface area contributed by atoms with E-state index in [9.17, 15) is 4.79 Å². The first-order valence-electron chi connectivity index (χ1n) is 10.2. The summed E-state index contributed by atoms with van der Waals surface area (Å²) >= 11 is 5.87. The van der Waals surface area contributed by atoms with Crippen molar-refractivity contribution in [3.05, 3.63) is 59.8 Å². The molecule has 0 saturated carbocycles. The molecule has 0 bridgehead atoms. The average Bonchev–Trinajstić information content (AvgIpc) is 3.23. The van der Waals surface area contributed by atoms with Crippen molar-refractivity contribution in [2.24, 2.45) is 0 Å². The van der Waals surface area contributed by atoms with Crippen LogP contribution >= 0.6 is 11.6 Å². The van der Waals surface area contributed by atoms with Crippen molar-refractivity contribution in [2.75, 3.05) is 11.9 Å². The summed E-state index contributed by atoms with van der Waals surface area (Å²) in [6, 6.07) is 7.01. The Morgan fingerprint density at radius 2 is 2.00 bits per heavy atom. The zero-order chi connectivity index (χ0) is 23.4. The van der Waals surface area contributed by atoms with Gasteiger partial charge in [-0.2, -0.15) is 9.78 Å². The molecule has 10 nitrogen and oxygen atoms in total. The first kappa shape index (κ1) is 22.6. The van der Waals surface area contributed by atoms with Crippen LogP contribution in [0.1, 0.15) is 19.4 Å². The largest absolute Gasteiger partial charge is 0.461 e. The van der Waals surface area contributed by atoms with Gasteiger partial charge in [0.1, 0.15) is 17.5 Å². The summed E-state index contributed by atoms with van der Waals surface area (Å²) in [5.74, 6) is 0.749. The number of aryl methyl sites for hydroxylation is 1. The molecule has 0 unspecified atom stereocenters. The fraction of sp³-hybridized carbons (Fsp3) is 0.273. The lowest BCUT2D eigenvalue weighted by molar-refractivity contribution is -0.126. The maximum atomic E-state index is 13.0. The highest BCUT2D eigenvalue weighted by molar-refractivity contribution is 6.30. The smallest absolute Gasteiger partial charge is 0.269 e. The third kappa shape index (κ3) is 5.24. The van der Waals surface area contributed by atoms with Gasteiger partial charge in [-0.3, -0.25) is 4.79 Å². The summed E-state index contributed by atoms with van der Waals surface area (Å²) in [7, 11) is 0. The molecule has 170 valence electrons. The number of pyridine rings is 2. The second-order valence-corrected chi connectivity index (χ2v) is 7.89. The van der Waals surface area contributed by atoms with Crippen LogP contribution in [-0.4, -0.2) is 54.4 Å². The van der Waals surface area contributed by atoms with Crippen molar-refractivity contribution in [3.8, 4) is 11.7 Å². The molecule has 0 radical (unpaired) electrons. The van der Waals surface area contributed by atoms with E-state index >= 15 is 0 Å². The molecule has 4 rings (SSSR count). The van der Waals surface area contributed by atoms with Crippen molar-refractivity contribution >= 4 is 34.4 Å². The number of ether oxygens (including phenoxy) is 2. The van der Waals surface area contributed by atoms with Crippen molar-refractivity contribution in [1.82, 2.24) is 29.7 Å². The molecule has 0 aromatic carbocycles. The summed E-state index contributed by atoms with van der Waals surface area (Å²) in [6.07, 6.45) is 4.97. The lowest BCUT2D eigenvalue weighted by Crippen LogP contribution is -2.38. The molecule has 0 spiro atoms. The fourth-order valence-electron chi connectivity index (χ4n) is 3.00. The van der Waals surface area contributed by atoms with E-state index in [1.807, 2.05) is 32.9 Å². The third-order valence-electron chi connectivity index (χ3n) is 4.62. The summed E-state index contributed by atoms with van der Waals surface area (Å²) in [5, 5.41) is 8.12. The lowest BCUT2D eigenvalue weighted by Gasteiger charge is -2.19. The van der Waals surface area contributed by atoms with Gasteiger partial charge in [0.15, 0.2) is 11.5 Å². The molecule has 4 aromatic rings.